The number of fused-ring (bicyclic) bond motifs is 2. The van der Waals surface area contributed by atoms with Gasteiger partial charge in [0.25, 0.3) is 6.33 Å². The fourth-order valence-corrected chi connectivity index (χ4v) is 10.6. The monoisotopic (exact) mass is 1030 g/mol. The number of tetrazole rings is 2. The number of phenolic OH excluding ortho intramolecular Hbond substituents is 2. The van der Waals surface area contributed by atoms with Crippen molar-refractivity contribution in [3.63, 3.8) is 0 Å². The van der Waals surface area contributed by atoms with Gasteiger partial charge in [0.2, 0.25) is 22.6 Å². The summed E-state index contributed by atoms with van der Waals surface area (Å²) in [6, 6.07) is 5.67. The van der Waals surface area contributed by atoms with Crippen molar-refractivity contribution in [1.29, 1.82) is 0 Å². The molecule has 4 fully saturated rings. The highest BCUT2D eigenvalue weighted by Gasteiger charge is 2.44. The van der Waals surface area contributed by atoms with Crippen molar-refractivity contribution in [3.05, 3.63) is 98.1 Å². The number of nitrogen functional groups attached to an aromatic ring is 1. The molecule has 73 heavy (non-hydrogen) atoms. The Kier molecular flexibility index (Phi) is 14.6. The maximum absolute atomic E-state index is 14.7. The van der Waals surface area contributed by atoms with E-state index in [2.05, 4.69) is 98.6 Å². The van der Waals surface area contributed by atoms with Gasteiger partial charge in [-0.3, -0.25) is 9.80 Å². The van der Waals surface area contributed by atoms with E-state index in [1.165, 1.54) is 64.7 Å². The molecule has 4 saturated heterocycles. The van der Waals surface area contributed by atoms with Gasteiger partial charge in [-0.15, -0.1) is 0 Å². The summed E-state index contributed by atoms with van der Waals surface area (Å²) >= 11 is 5.86. The molecule has 0 amide bonds. The largest absolute Gasteiger partial charge is 0.506 e. The molecule has 0 bridgehead atoms. The van der Waals surface area contributed by atoms with Gasteiger partial charge < -0.3 is 31.9 Å². The third-order valence-corrected chi connectivity index (χ3v) is 13.9. The number of nitrogens with zero attached hydrogens (tertiary/aromatic N) is 16. The van der Waals surface area contributed by atoms with E-state index in [1.54, 1.807) is 0 Å². The van der Waals surface area contributed by atoms with Gasteiger partial charge in [0.05, 0.1) is 36.7 Å². The number of hydrogen-bond acceptors (Lipinski definition) is 17. The molecule has 10 rings (SSSR count). The van der Waals surface area contributed by atoms with Crippen molar-refractivity contribution < 1.29 is 23.7 Å². The summed E-state index contributed by atoms with van der Waals surface area (Å²) in [6.45, 7) is 26.2. The second kappa shape index (κ2) is 20.7. The molecule has 24 nitrogen and oxygen atoms in total. The maximum Gasteiger partial charge on any atom is 0.368 e. The number of aromatic nitrogens is 12. The van der Waals surface area contributed by atoms with Crippen LogP contribution in [0.4, 0.5) is 49.1 Å². The smallest absolute Gasteiger partial charge is 0.368 e. The molecular weight excluding hydrogens is 970 g/mol. The molecule has 4 atom stereocenters. The Morgan fingerprint density at radius 2 is 1.38 bits per heavy atom. The van der Waals surface area contributed by atoms with Crippen LogP contribution in [0.5, 0.6) is 11.5 Å². The van der Waals surface area contributed by atoms with Crippen LogP contribution < -0.4 is 32.0 Å². The normalized spacial score (nSPS) is 20.8. The Bertz CT molecular complexity index is 3230. The van der Waals surface area contributed by atoms with Gasteiger partial charge in [0.1, 0.15) is 40.3 Å². The first-order valence-corrected chi connectivity index (χ1v) is 23.9. The second-order valence-electron chi connectivity index (χ2n) is 19.6. The van der Waals surface area contributed by atoms with Gasteiger partial charge in [-0.2, -0.15) is 9.36 Å². The molecule has 2 aromatic carbocycles. The molecular formula is C46H56ClF2N20O4+. The van der Waals surface area contributed by atoms with Gasteiger partial charge in [0.15, 0.2) is 10.5 Å². The maximum atomic E-state index is 14.7. The molecule has 4 aliphatic rings. The van der Waals surface area contributed by atoms with Crippen LogP contribution in [-0.4, -0.2) is 123 Å². The summed E-state index contributed by atoms with van der Waals surface area (Å²) in [5, 5.41) is 40.3. The first-order chi connectivity index (χ1) is 34.7. The number of benzene rings is 2. The third kappa shape index (κ3) is 11.0. The van der Waals surface area contributed by atoms with Gasteiger partial charge in [-0.25, -0.2) is 43.2 Å². The summed E-state index contributed by atoms with van der Waals surface area (Å²) < 4.78 is 30.9. The Morgan fingerprint density at radius 1 is 0.822 bits per heavy atom. The summed E-state index contributed by atoms with van der Waals surface area (Å²) in [7, 11) is 2.83. The summed E-state index contributed by atoms with van der Waals surface area (Å²) in [5.74, 6) is -1.38. The first kappa shape index (κ1) is 51.5. The Hall–Kier alpha value is -7.81. The van der Waals surface area contributed by atoms with Crippen molar-refractivity contribution in [1.82, 2.24) is 64.1 Å². The number of nitrogens with one attached hydrogen (secondary N) is 3. The van der Waals surface area contributed by atoms with Crippen LogP contribution in [-0.2, 0) is 14.1 Å². The molecule has 6 aromatic rings. The third-order valence-electron chi connectivity index (χ3n) is 13.7. The highest BCUT2D eigenvalue weighted by atomic mass is 35.5. The molecule has 4 aliphatic heterocycles. The van der Waals surface area contributed by atoms with Crippen molar-refractivity contribution in [2.45, 2.75) is 114 Å². The SMILES string of the molecule is Cn1nnn(-c2cc(N)c(F)cc2O)c1=O.[C-]#[N+]c1cnc(Cl)nc1N[C@@H]1C[C@@H]2CCCN2C(C)(C)C1.[C-]#[N+]c1cnc(Nc2cc(-n3cnn(C)[n+]3=O)c(O)cc2F)nc1N[C@@H]1C[C@@H]2CCCN2C(C)(C)C1. The van der Waals surface area contributed by atoms with Crippen molar-refractivity contribution in [2.24, 2.45) is 14.1 Å². The lowest BCUT2D eigenvalue weighted by Gasteiger charge is -2.48. The zero-order valence-corrected chi connectivity index (χ0v) is 41.8. The summed E-state index contributed by atoms with van der Waals surface area (Å²) in [6.07, 6.45) is 13.0. The average molecular weight is 1030 g/mol. The Morgan fingerprint density at radius 3 is 1.93 bits per heavy atom. The summed E-state index contributed by atoms with van der Waals surface area (Å²) in [4.78, 5) is 53.6. The second-order valence-corrected chi connectivity index (χ2v) is 20.0. The minimum Gasteiger partial charge on any atom is -0.506 e. The lowest BCUT2D eigenvalue weighted by atomic mass is 9.84. The van der Waals surface area contributed by atoms with E-state index in [1.807, 2.05) is 0 Å². The van der Waals surface area contributed by atoms with Crippen LogP contribution >= 0.6 is 11.6 Å². The van der Waals surface area contributed by atoms with Crippen molar-refractivity contribution in [2.75, 3.05) is 34.8 Å². The van der Waals surface area contributed by atoms with E-state index >= 15 is 0 Å². The van der Waals surface area contributed by atoms with Crippen LogP contribution in [0.25, 0.3) is 21.1 Å². The van der Waals surface area contributed by atoms with Crippen LogP contribution in [0.2, 0.25) is 5.28 Å². The average Bonchev–Trinajstić information content (AvgIpc) is 4.15. The number of hydrogen-bond donors (Lipinski definition) is 6. The predicted molar refractivity (Wildman–Crippen MR) is 266 cm³/mol. The van der Waals surface area contributed by atoms with E-state index in [4.69, 9.17) is 30.5 Å². The van der Waals surface area contributed by atoms with E-state index in [-0.39, 0.29) is 56.8 Å². The number of aryl methyl sites for hydroxylation is 2. The van der Waals surface area contributed by atoms with Crippen LogP contribution in [0.3, 0.4) is 0 Å². The van der Waals surface area contributed by atoms with Crippen LogP contribution in [0, 0.1) is 29.7 Å². The minimum atomic E-state index is -0.766. The van der Waals surface area contributed by atoms with Crippen molar-refractivity contribution in [3.8, 4) is 22.9 Å². The lowest BCUT2D eigenvalue weighted by molar-refractivity contribution is -0.672. The van der Waals surface area contributed by atoms with Gasteiger partial charge >= 0.3 is 5.69 Å². The molecule has 0 spiro atoms. The van der Waals surface area contributed by atoms with Gasteiger partial charge in [-0.1, -0.05) is 4.68 Å². The van der Waals surface area contributed by atoms with E-state index in [0.717, 1.165) is 75.7 Å². The molecule has 27 heteroatoms. The molecule has 0 unspecified atom stereocenters. The van der Waals surface area contributed by atoms with E-state index in [9.17, 15) is 28.7 Å². The number of piperidine rings is 2. The predicted octanol–water partition coefficient (Wildman–Crippen LogP) is 5.76. The zero-order chi connectivity index (χ0) is 52.5. The quantitative estimate of drug-likeness (QED) is 0.0348. The highest BCUT2D eigenvalue weighted by molar-refractivity contribution is 6.28. The molecule has 0 aliphatic carbocycles. The number of aromatic hydroxyl groups is 2. The highest BCUT2D eigenvalue weighted by Crippen LogP contribution is 2.41. The number of halogens is 3. The number of anilines is 5. The van der Waals surface area contributed by atoms with Crippen molar-refractivity contribution >= 4 is 51.9 Å². The van der Waals surface area contributed by atoms with Crippen LogP contribution in [0.15, 0.2) is 47.8 Å². The van der Waals surface area contributed by atoms with Gasteiger partial charge in [0, 0.05) is 71.6 Å². The Balaban J connectivity index is 0.000000162. The number of phenols is 2. The number of nitrogens with two attached hydrogens (primary N) is 1. The minimum absolute atomic E-state index is 0.0167. The standard InChI is InChI=1S/C23H27FN10O2.C15H20ClN5.C8H8FN5O2/c1-23(2)11-14(8-15-6-5-7-32(15)23)28-21-18(25-3)12-26-22(30-21)29-17-10-19(20(35)9-16(17)24)33-13-27-31(4)34(33)36;1-15(2)8-10(7-11-5-4-6-21(11)15)19-13-12(17-3)9-18-14(16)20-13;1-13-8(16)14(12-11-13)6-3-5(10)4(9)2-7(6)15/h9-10,12-15H,5-8,11H2,1-2,4H3,(H2-,26,28,29,30,35);9-11H,4-8H2,1-2H3,(H,18,19,20);2-3,15H,10H2,1H3/p+1/t14-,15+;10-,11+;/m11./s1. The molecule has 7 N–H and O–H groups in total. The molecule has 8 heterocycles. The lowest BCUT2D eigenvalue weighted by Crippen LogP contribution is -2.55. The van der Waals surface area contributed by atoms with Crippen LogP contribution in [0.1, 0.15) is 79.1 Å². The molecule has 0 radical (unpaired) electrons. The molecule has 4 aromatic heterocycles. The summed E-state index contributed by atoms with van der Waals surface area (Å²) in [5.41, 5.74) is 5.45. The number of rotatable bonds is 8. The first-order valence-electron chi connectivity index (χ1n) is 23.5. The van der Waals surface area contributed by atoms with E-state index < -0.39 is 28.8 Å². The van der Waals surface area contributed by atoms with E-state index in [0.29, 0.717) is 40.1 Å². The molecule has 0 saturated carbocycles. The van der Waals surface area contributed by atoms with Gasteiger partial charge in [-0.05, 0) is 131 Å². The fraction of sp³-hybridized carbons (Fsp3) is 0.478. The fourth-order valence-electron chi connectivity index (χ4n) is 10.5. The molecule has 384 valence electrons. The topological polar surface area (TPSA) is 268 Å². The zero-order valence-electron chi connectivity index (χ0n) is 41.0. The Labute approximate surface area is 422 Å².